The fourth-order valence-corrected chi connectivity index (χ4v) is 5.30. The molecule has 3 aliphatic rings. The summed E-state index contributed by atoms with van der Waals surface area (Å²) in [5, 5.41) is 2.69. The number of benzene rings is 1. The number of hydrogen-bond acceptors (Lipinski definition) is 4. The fourth-order valence-electron chi connectivity index (χ4n) is 4.20. The van der Waals surface area contributed by atoms with Gasteiger partial charge in [0.25, 0.3) is 0 Å². The van der Waals surface area contributed by atoms with Crippen molar-refractivity contribution in [1.29, 1.82) is 0 Å². The maximum Gasteiger partial charge on any atom is 0.122 e. The average molecular weight is 312 g/mol. The van der Waals surface area contributed by atoms with E-state index in [-0.39, 0.29) is 0 Å². The molecule has 2 bridgehead atoms. The number of hydrogen-bond donors (Lipinski definition) is 0. The summed E-state index contributed by atoms with van der Waals surface area (Å²) in [6.45, 7) is 4.60. The molecule has 1 aromatic carbocycles. The van der Waals surface area contributed by atoms with E-state index in [4.69, 9.17) is 4.99 Å². The van der Waals surface area contributed by atoms with Gasteiger partial charge in [0.05, 0.1) is 10.7 Å². The molecule has 0 N–H and O–H groups in total. The number of para-hydroxylation sites is 1. The zero-order chi connectivity index (χ0) is 14.7. The first-order chi connectivity index (χ1) is 10.8. The van der Waals surface area contributed by atoms with Gasteiger partial charge in [-0.1, -0.05) is 18.2 Å². The molecular weight excluding hydrogens is 292 g/mol. The van der Waals surface area contributed by atoms with Crippen LogP contribution in [0.5, 0.6) is 0 Å². The van der Waals surface area contributed by atoms with Gasteiger partial charge in [-0.15, -0.1) is 0 Å². The standard InChI is InChI=1S/C17H20N4S/c1-19-10-16(13-4-2-3-5-15(13)19)21-11-18-17(22-21)14-9-20-7-6-12(14)8-20/h2-5,10,12,14H,6-9,11H2,1H3. The van der Waals surface area contributed by atoms with E-state index in [1.165, 1.54) is 47.7 Å². The van der Waals surface area contributed by atoms with E-state index in [0.29, 0.717) is 5.92 Å². The molecule has 22 heavy (non-hydrogen) atoms. The molecule has 3 unspecified atom stereocenters. The van der Waals surface area contributed by atoms with Crippen LogP contribution in [0.3, 0.4) is 0 Å². The molecule has 2 aromatic rings. The highest BCUT2D eigenvalue weighted by molar-refractivity contribution is 8.15. The summed E-state index contributed by atoms with van der Waals surface area (Å²) in [7, 11) is 2.12. The minimum atomic E-state index is 0.679. The van der Waals surface area contributed by atoms with E-state index in [0.717, 1.165) is 12.6 Å². The van der Waals surface area contributed by atoms with Crippen molar-refractivity contribution in [3.63, 3.8) is 0 Å². The molecule has 0 spiro atoms. The maximum atomic E-state index is 4.88. The van der Waals surface area contributed by atoms with E-state index in [1.54, 1.807) is 0 Å². The first-order valence-electron chi connectivity index (χ1n) is 8.06. The van der Waals surface area contributed by atoms with Crippen LogP contribution in [-0.2, 0) is 7.05 Å². The van der Waals surface area contributed by atoms with Crippen LogP contribution >= 0.6 is 11.9 Å². The molecule has 2 saturated heterocycles. The number of anilines is 1. The SMILES string of the molecule is Cn1cc(N2CN=C(C3CN4CCC3C4)S2)c2ccccc21. The van der Waals surface area contributed by atoms with Crippen molar-refractivity contribution >= 4 is 33.6 Å². The van der Waals surface area contributed by atoms with Crippen LogP contribution in [0.4, 0.5) is 5.69 Å². The lowest BCUT2D eigenvalue weighted by atomic mass is 9.93. The Balaban J connectivity index is 1.42. The number of nitrogens with zero attached hydrogens (tertiary/aromatic N) is 4. The molecule has 4 heterocycles. The normalized spacial score (nSPS) is 30.5. The highest BCUT2D eigenvalue weighted by Crippen LogP contribution is 2.42. The highest BCUT2D eigenvalue weighted by atomic mass is 32.2. The quantitative estimate of drug-likeness (QED) is 0.797. The Morgan fingerprint density at radius 3 is 2.95 bits per heavy atom. The lowest BCUT2D eigenvalue weighted by molar-refractivity contribution is 0.345. The molecule has 0 radical (unpaired) electrons. The van der Waals surface area contributed by atoms with Crippen molar-refractivity contribution in [2.75, 3.05) is 30.6 Å². The number of aliphatic imine (C=N–C) groups is 1. The summed E-state index contributed by atoms with van der Waals surface area (Å²) in [4.78, 5) is 7.48. The summed E-state index contributed by atoms with van der Waals surface area (Å²) >= 11 is 1.87. The first-order valence-corrected chi connectivity index (χ1v) is 8.83. The van der Waals surface area contributed by atoms with Crippen LogP contribution in [0.1, 0.15) is 6.42 Å². The number of aromatic nitrogens is 1. The first kappa shape index (κ1) is 13.0. The van der Waals surface area contributed by atoms with Gasteiger partial charge in [-0.25, -0.2) is 0 Å². The Morgan fingerprint density at radius 2 is 2.14 bits per heavy atom. The molecule has 3 atom stereocenters. The number of rotatable bonds is 2. The van der Waals surface area contributed by atoms with Crippen LogP contribution in [-0.4, -0.2) is 40.8 Å². The van der Waals surface area contributed by atoms with E-state index in [2.05, 4.69) is 51.3 Å². The Hall–Kier alpha value is -1.46. The van der Waals surface area contributed by atoms with Gasteiger partial charge in [0.1, 0.15) is 6.67 Å². The lowest BCUT2D eigenvalue weighted by Gasteiger charge is -2.22. The zero-order valence-corrected chi connectivity index (χ0v) is 13.6. The molecule has 0 saturated carbocycles. The van der Waals surface area contributed by atoms with Crippen molar-refractivity contribution in [3.05, 3.63) is 30.5 Å². The van der Waals surface area contributed by atoms with Crippen molar-refractivity contribution in [1.82, 2.24) is 9.47 Å². The van der Waals surface area contributed by atoms with Crippen molar-refractivity contribution in [3.8, 4) is 0 Å². The third-order valence-corrected chi connectivity index (χ3v) is 6.50. The van der Waals surface area contributed by atoms with Gasteiger partial charge in [0.15, 0.2) is 0 Å². The molecule has 4 nitrogen and oxygen atoms in total. The predicted molar refractivity (Wildman–Crippen MR) is 93.3 cm³/mol. The van der Waals surface area contributed by atoms with Gasteiger partial charge >= 0.3 is 0 Å². The average Bonchev–Trinajstić information content (AvgIpc) is 3.30. The van der Waals surface area contributed by atoms with E-state index in [9.17, 15) is 0 Å². The van der Waals surface area contributed by atoms with E-state index < -0.39 is 0 Å². The van der Waals surface area contributed by atoms with Gasteiger partial charge in [-0.2, -0.15) is 0 Å². The van der Waals surface area contributed by atoms with Crippen LogP contribution in [0.15, 0.2) is 35.5 Å². The third kappa shape index (κ3) is 1.85. The third-order valence-electron chi connectivity index (χ3n) is 5.35. The van der Waals surface area contributed by atoms with Crippen LogP contribution in [0.2, 0.25) is 0 Å². The Morgan fingerprint density at radius 1 is 1.23 bits per heavy atom. The Labute approximate surface area is 134 Å². The van der Waals surface area contributed by atoms with E-state index >= 15 is 0 Å². The molecule has 3 aliphatic heterocycles. The van der Waals surface area contributed by atoms with Crippen molar-refractivity contribution < 1.29 is 0 Å². The van der Waals surface area contributed by atoms with Crippen molar-refractivity contribution in [2.45, 2.75) is 6.42 Å². The molecule has 114 valence electrons. The molecule has 5 rings (SSSR count). The molecule has 1 aromatic heterocycles. The van der Waals surface area contributed by atoms with Gasteiger partial charge in [0, 0.05) is 55.1 Å². The van der Waals surface area contributed by atoms with Gasteiger partial charge < -0.3 is 9.47 Å². The summed E-state index contributed by atoms with van der Waals surface area (Å²) < 4.78 is 4.57. The number of piperidine rings is 1. The van der Waals surface area contributed by atoms with Crippen LogP contribution < -0.4 is 4.31 Å². The van der Waals surface area contributed by atoms with Crippen LogP contribution in [0, 0.1) is 11.8 Å². The lowest BCUT2D eigenvalue weighted by Crippen LogP contribution is -2.27. The second-order valence-electron chi connectivity index (χ2n) is 6.66. The topological polar surface area (TPSA) is 23.8 Å². The summed E-state index contributed by atoms with van der Waals surface area (Å²) in [5.41, 5.74) is 2.59. The molecule has 0 amide bonds. The largest absolute Gasteiger partial charge is 0.348 e. The Bertz CT molecular complexity index is 765. The number of aryl methyl sites for hydroxylation is 1. The second-order valence-corrected chi connectivity index (χ2v) is 7.71. The van der Waals surface area contributed by atoms with Crippen LogP contribution in [0.25, 0.3) is 10.9 Å². The van der Waals surface area contributed by atoms with Gasteiger partial charge in [0.2, 0.25) is 0 Å². The van der Waals surface area contributed by atoms with Crippen molar-refractivity contribution in [2.24, 2.45) is 23.9 Å². The molecule has 0 aliphatic carbocycles. The smallest absolute Gasteiger partial charge is 0.122 e. The molecule has 5 heteroatoms. The molecule has 2 fully saturated rings. The van der Waals surface area contributed by atoms with Gasteiger partial charge in [-0.3, -0.25) is 9.30 Å². The minimum absolute atomic E-state index is 0.679. The fraction of sp³-hybridized carbons (Fsp3) is 0.471. The second kappa shape index (κ2) is 4.77. The number of fused-ring (bicyclic) bond motifs is 3. The summed E-state index contributed by atoms with van der Waals surface area (Å²) in [6, 6.07) is 8.63. The van der Waals surface area contributed by atoms with E-state index in [1.807, 2.05) is 11.9 Å². The Kier molecular flexibility index (Phi) is 2.82. The zero-order valence-electron chi connectivity index (χ0n) is 12.8. The highest BCUT2D eigenvalue weighted by Gasteiger charge is 2.42. The van der Waals surface area contributed by atoms with Gasteiger partial charge in [-0.05, 0) is 24.9 Å². The molecular formula is C17H20N4S. The monoisotopic (exact) mass is 312 g/mol. The summed E-state index contributed by atoms with van der Waals surface area (Å²) in [6.07, 6.45) is 3.60. The minimum Gasteiger partial charge on any atom is -0.348 e. The maximum absolute atomic E-state index is 4.88. The summed E-state index contributed by atoms with van der Waals surface area (Å²) in [5.74, 6) is 1.53. The predicted octanol–water partition coefficient (Wildman–Crippen LogP) is 2.95.